The van der Waals surface area contributed by atoms with Gasteiger partial charge in [-0.15, -0.1) is 0 Å². The standard InChI is InChI=1S/C25H30O3/c26-21-13-5-3-11-19(21)24(15-7-1-8-16-24)23(28)25(17-9-2-10-18-25)20-12-4-6-14-22(20)27/h3-6,11-14,26-27H,1-2,7-10,15-18H2. The average Bonchev–Trinajstić information content (AvgIpc) is 2.75. The van der Waals surface area contributed by atoms with Gasteiger partial charge in [0.1, 0.15) is 11.5 Å². The smallest absolute Gasteiger partial charge is 0.154 e. The van der Waals surface area contributed by atoms with Gasteiger partial charge in [-0.05, 0) is 37.8 Å². The first-order valence-electron chi connectivity index (χ1n) is 10.7. The molecule has 0 radical (unpaired) electrons. The maximum atomic E-state index is 14.5. The summed E-state index contributed by atoms with van der Waals surface area (Å²) in [5.41, 5.74) is 0.229. The van der Waals surface area contributed by atoms with Crippen LogP contribution in [0.15, 0.2) is 48.5 Å². The van der Waals surface area contributed by atoms with Crippen molar-refractivity contribution in [2.45, 2.75) is 75.0 Å². The molecule has 2 fully saturated rings. The zero-order valence-corrected chi connectivity index (χ0v) is 16.5. The van der Waals surface area contributed by atoms with Crippen molar-refractivity contribution in [1.82, 2.24) is 0 Å². The molecule has 3 heteroatoms. The summed E-state index contributed by atoms with van der Waals surface area (Å²) in [7, 11) is 0. The van der Waals surface area contributed by atoms with Crippen LogP contribution in [-0.2, 0) is 15.6 Å². The predicted molar refractivity (Wildman–Crippen MR) is 111 cm³/mol. The Bertz CT molecular complexity index is 773. The monoisotopic (exact) mass is 378 g/mol. The molecule has 0 aliphatic heterocycles. The molecule has 2 N–H and O–H groups in total. The van der Waals surface area contributed by atoms with Crippen LogP contribution in [-0.4, -0.2) is 16.0 Å². The van der Waals surface area contributed by atoms with Crippen LogP contribution in [0.1, 0.15) is 75.3 Å². The SMILES string of the molecule is O=C(C1(c2ccccc2O)CCCCC1)C1(c2ccccc2O)CCCCC1. The fourth-order valence-electron chi connectivity index (χ4n) is 5.76. The molecule has 2 saturated carbocycles. The van der Waals surface area contributed by atoms with E-state index in [0.717, 1.165) is 75.3 Å². The highest BCUT2D eigenvalue weighted by atomic mass is 16.3. The minimum absolute atomic E-state index is 0.211. The Balaban J connectivity index is 1.89. The molecule has 28 heavy (non-hydrogen) atoms. The van der Waals surface area contributed by atoms with E-state index in [1.165, 1.54) is 0 Å². The lowest BCUT2D eigenvalue weighted by molar-refractivity contribution is -0.133. The second-order valence-corrected chi connectivity index (χ2v) is 8.65. The molecule has 0 atom stereocenters. The van der Waals surface area contributed by atoms with Crippen molar-refractivity contribution in [3.05, 3.63) is 59.7 Å². The Morgan fingerprint density at radius 2 is 0.964 bits per heavy atom. The van der Waals surface area contributed by atoms with Crippen LogP contribution in [0.5, 0.6) is 11.5 Å². The third-order valence-corrected chi connectivity index (χ3v) is 7.12. The predicted octanol–water partition coefficient (Wildman–Crippen LogP) is 5.77. The van der Waals surface area contributed by atoms with E-state index in [0.29, 0.717) is 0 Å². The number of ketones is 1. The summed E-state index contributed by atoms with van der Waals surface area (Å²) >= 11 is 0. The number of hydrogen-bond acceptors (Lipinski definition) is 3. The van der Waals surface area contributed by atoms with Crippen LogP contribution in [0, 0.1) is 0 Å². The van der Waals surface area contributed by atoms with Crippen LogP contribution < -0.4 is 0 Å². The van der Waals surface area contributed by atoms with E-state index >= 15 is 0 Å². The molecule has 0 bridgehead atoms. The first kappa shape index (κ1) is 19.0. The van der Waals surface area contributed by atoms with Gasteiger partial charge in [-0.1, -0.05) is 74.9 Å². The summed E-state index contributed by atoms with van der Waals surface area (Å²) in [5, 5.41) is 21.4. The Labute approximate surface area is 167 Å². The van der Waals surface area contributed by atoms with Gasteiger partial charge in [-0.2, -0.15) is 0 Å². The summed E-state index contributed by atoms with van der Waals surface area (Å²) in [6.45, 7) is 0. The summed E-state index contributed by atoms with van der Waals surface area (Å²) in [5.74, 6) is 0.657. The Kier molecular flexibility index (Phi) is 5.18. The van der Waals surface area contributed by atoms with Crippen molar-refractivity contribution in [3.8, 4) is 11.5 Å². The van der Waals surface area contributed by atoms with Crippen LogP contribution in [0.2, 0.25) is 0 Å². The number of benzene rings is 2. The first-order chi connectivity index (χ1) is 13.6. The summed E-state index contributed by atoms with van der Waals surface area (Å²) < 4.78 is 0. The zero-order valence-electron chi connectivity index (χ0n) is 16.5. The third kappa shape index (κ3) is 3.01. The number of carbonyl (C=O) groups excluding carboxylic acids is 1. The number of carbonyl (C=O) groups is 1. The van der Waals surface area contributed by atoms with Gasteiger partial charge >= 0.3 is 0 Å². The van der Waals surface area contributed by atoms with Crippen molar-refractivity contribution in [1.29, 1.82) is 0 Å². The highest BCUT2D eigenvalue weighted by molar-refractivity contribution is 6.00. The molecule has 0 unspecified atom stereocenters. The van der Waals surface area contributed by atoms with Gasteiger partial charge in [0.2, 0.25) is 0 Å². The van der Waals surface area contributed by atoms with Crippen molar-refractivity contribution in [2.24, 2.45) is 0 Å². The van der Waals surface area contributed by atoms with E-state index in [1.807, 2.05) is 36.4 Å². The number of Topliss-reactive ketones (excluding diaryl/α,β-unsaturated/α-hetero) is 1. The highest BCUT2D eigenvalue weighted by Crippen LogP contribution is 2.53. The van der Waals surface area contributed by atoms with Crippen LogP contribution in [0.3, 0.4) is 0 Å². The summed E-state index contributed by atoms with van der Waals surface area (Å²) in [4.78, 5) is 14.5. The molecule has 0 heterocycles. The number of phenols is 2. The van der Waals surface area contributed by atoms with Crippen molar-refractivity contribution >= 4 is 5.78 Å². The summed E-state index contributed by atoms with van der Waals surface area (Å²) in [6, 6.07) is 14.7. The van der Waals surface area contributed by atoms with Gasteiger partial charge in [0.15, 0.2) is 5.78 Å². The van der Waals surface area contributed by atoms with E-state index in [1.54, 1.807) is 12.1 Å². The van der Waals surface area contributed by atoms with Gasteiger partial charge in [-0.25, -0.2) is 0 Å². The molecule has 2 aliphatic rings. The largest absolute Gasteiger partial charge is 0.508 e. The molecule has 148 valence electrons. The Morgan fingerprint density at radius 1 is 0.607 bits per heavy atom. The molecule has 2 aliphatic carbocycles. The minimum Gasteiger partial charge on any atom is -0.508 e. The lowest BCUT2D eigenvalue weighted by Crippen LogP contribution is -2.51. The van der Waals surface area contributed by atoms with Gasteiger partial charge in [0, 0.05) is 11.1 Å². The maximum absolute atomic E-state index is 14.5. The minimum atomic E-state index is -0.663. The number of phenolic OH excluding ortho intramolecular Hbond substituents is 2. The molecule has 2 aromatic rings. The molecule has 4 rings (SSSR count). The third-order valence-electron chi connectivity index (χ3n) is 7.12. The van der Waals surface area contributed by atoms with Gasteiger partial charge in [-0.3, -0.25) is 4.79 Å². The number of para-hydroxylation sites is 2. The normalized spacial score (nSPS) is 21.1. The van der Waals surface area contributed by atoms with Crippen molar-refractivity contribution in [2.75, 3.05) is 0 Å². The van der Waals surface area contributed by atoms with E-state index in [2.05, 4.69) is 0 Å². The fraction of sp³-hybridized carbons (Fsp3) is 0.480. The van der Waals surface area contributed by atoms with Crippen LogP contribution in [0.25, 0.3) is 0 Å². The molecule has 0 spiro atoms. The van der Waals surface area contributed by atoms with E-state index in [4.69, 9.17) is 0 Å². The number of rotatable bonds is 4. The first-order valence-corrected chi connectivity index (χ1v) is 10.7. The second-order valence-electron chi connectivity index (χ2n) is 8.65. The molecular formula is C25H30O3. The quantitative estimate of drug-likeness (QED) is 0.710. The van der Waals surface area contributed by atoms with Crippen molar-refractivity contribution in [3.63, 3.8) is 0 Å². The van der Waals surface area contributed by atoms with Gasteiger partial charge in [0.25, 0.3) is 0 Å². The van der Waals surface area contributed by atoms with E-state index < -0.39 is 10.8 Å². The zero-order chi connectivity index (χ0) is 19.6. The molecule has 2 aromatic carbocycles. The van der Waals surface area contributed by atoms with Gasteiger partial charge in [0.05, 0.1) is 10.8 Å². The topological polar surface area (TPSA) is 57.5 Å². The fourth-order valence-corrected chi connectivity index (χ4v) is 5.76. The Morgan fingerprint density at radius 3 is 1.32 bits per heavy atom. The average molecular weight is 379 g/mol. The Hall–Kier alpha value is -2.29. The molecule has 0 aromatic heterocycles. The molecular weight excluding hydrogens is 348 g/mol. The van der Waals surface area contributed by atoms with E-state index in [9.17, 15) is 15.0 Å². The van der Waals surface area contributed by atoms with Crippen molar-refractivity contribution < 1.29 is 15.0 Å². The maximum Gasteiger partial charge on any atom is 0.154 e. The second kappa shape index (κ2) is 7.62. The van der Waals surface area contributed by atoms with Gasteiger partial charge < -0.3 is 10.2 Å². The number of aromatic hydroxyl groups is 2. The van der Waals surface area contributed by atoms with E-state index in [-0.39, 0.29) is 17.3 Å². The number of hydrogen-bond donors (Lipinski definition) is 2. The molecule has 0 amide bonds. The molecule has 3 nitrogen and oxygen atoms in total. The summed E-state index contributed by atoms with van der Waals surface area (Å²) in [6.07, 6.45) is 9.36. The highest BCUT2D eigenvalue weighted by Gasteiger charge is 2.53. The lowest BCUT2D eigenvalue weighted by atomic mass is 9.55. The molecule has 0 saturated heterocycles. The van der Waals surface area contributed by atoms with Crippen LogP contribution in [0.4, 0.5) is 0 Å². The van der Waals surface area contributed by atoms with Crippen LogP contribution >= 0.6 is 0 Å². The lowest BCUT2D eigenvalue weighted by Gasteiger charge is -2.46.